The molecule has 1 aromatic carbocycles. The zero-order valence-electron chi connectivity index (χ0n) is 9.51. The standard InChI is InChI=1S/C12H18BrNO/c1-12(2,3)7-8-15-10-6-4-5-9(14)11(10)13/h4-6H,7-8,14H2,1-3H3. The van der Waals surface area contributed by atoms with Gasteiger partial charge in [-0.3, -0.25) is 0 Å². The SMILES string of the molecule is CC(C)(C)CCOc1cccc(N)c1Br. The van der Waals surface area contributed by atoms with Gasteiger partial charge in [0.2, 0.25) is 0 Å². The van der Waals surface area contributed by atoms with E-state index in [1.807, 2.05) is 18.2 Å². The lowest BCUT2D eigenvalue weighted by Crippen LogP contribution is -2.11. The Morgan fingerprint density at radius 1 is 1.33 bits per heavy atom. The Balaban J connectivity index is 2.55. The molecular weight excluding hydrogens is 254 g/mol. The van der Waals surface area contributed by atoms with Crippen molar-refractivity contribution in [3.05, 3.63) is 22.7 Å². The number of rotatable bonds is 3. The van der Waals surface area contributed by atoms with Crippen LogP contribution in [0.5, 0.6) is 5.75 Å². The summed E-state index contributed by atoms with van der Waals surface area (Å²) in [5, 5.41) is 0. The Kier molecular flexibility index (Phi) is 4.03. The van der Waals surface area contributed by atoms with Crippen molar-refractivity contribution in [1.82, 2.24) is 0 Å². The number of ether oxygens (including phenoxy) is 1. The van der Waals surface area contributed by atoms with E-state index < -0.39 is 0 Å². The minimum atomic E-state index is 0.298. The van der Waals surface area contributed by atoms with Crippen LogP contribution in [0.1, 0.15) is 27.2 Å². The summed E-state index contributed by atoms with van der Waals surface area (Å²) in [5.41, 5.74) is 6.76. The van der Waals surface area contributed by atoms with Gasteiger partial charge in [-0.2, -0.15) is 0 Å². The molecule has 0 atom stereocenters. The van der Waals surface area contributed by atoms with Crippen molar-refractivity contribution in [3.63, 3.8) is 0 Å². The van der Waals surface area contributed by atoms with E-state index in [-0.39, 0.29) is 0 Å². The van der Waals surface area contributed by atoms with Gasteiger partial charge in [0.25, 0.3) is 0 Å². The first-order chi connectivity index (χ1) is 6.90. The van der Waals surface area contributed by atoms with Crippen molar-refractivity contribution in [3.8, 4) is 5.75 Å². The molecule has 0 saturated carbocycles. The molecule has 0 amide bonds. The summed E-state index contributed by atoms with van der Waals surface area (Å²) < 4.78 is 6.51. The molecule has 0 bridgehead atoms. The predicted octanol–water partition coefficient (Wildman–Crippen LogP) is 3.85. The number of benzene rings is 1. The Morgan fingerprint density at radius 3 is 2.60 bits per heavy atom. The lowest BCUT2D eigenvalue weighted by molar-refractivity contribution is 0.242. The van der Waals surface area contributed by atoms with E-state index in [1.54, 1.807) is 0 Å². The first-order valence-corrected chi connectivity index (χ1v) is 5.86. The Hall–Kier alpha value is -0.700. The first kappa shape index (κ1) is 12.4. The second kappa shape index (κ2) is 4.88. The van der Waals surface area contributed by atoms with E-state index >= 15 is 0 Å². The van der Waals surface area contributed by atoms with Gasteiger partial charge in [-0.05, 0) is 39.9 Å². The highest BCUT2D eigenvalue weighted by atomic mass is 79.9. The summed E-state index contributed by atoms with van der Waals surface area (Å²) in [5.74, 6) is 0.819. The van der Waals surface area contributed by atoms with Gasteiger partial charge in [0.1, 0.15) is 5.75 Å². The summed E-state index contributed by atoms with van der Waals surface area (Å²) in [7, 11) is 0. The molecule has 0 aliphatic heterocycles. The highest BCUT2D eigenvalue weighted by Gasteiger charge is 2.11. The van der Waals surface area contributed by atoms with Crippen molar-refractivity contribution in [2.24, 2.45) is 5.41 Å². The fourth-order valence-electron chi connectivity index (χ4n) is 1.11. The molecule has 15 heavy (non-hydrogen) atoms. The molecule has 0 unspecified atom stereocenters. The van der Waals surface area contributed by atoms with E-state index in [0.29, 0.717) is 17.7 Å². The average Bonchev–Trinajstić information content (AvgIpc) is 2.10. The molecule has 0 fully saturated rings. The van der Waals surface area contributed by atoms with E-state index in [1.165, 1.54) is 0 Å². The van der Waals surface area contributed by atoms with Crippen molar-refractivity contribution < 1.29 is 4.74 Å². The van der Waals surface area contributed by atoms with Crippen LogP contribution in [-0.2, 0) is 0 Å². The van der Waals surface area contributed by atoms with Gasteiger partial charge < -0.3 is 10.5 Å². The number of nitrogens with two attached hydrogens (primary N) is 1. The molecule has 0 aromatic heterocycles. The third-order valence-electron chi connectivity index (χ3n) is 2.10. The third kappa shape index (κ3) is 4.12. The minimum absolute atomic E-state index is 0.298. The molecule has 1 aromatic rings. The number of hydrogen-bond donors (Lipinski definition) is 1. The lowest BCUT2D eigenvalue weighted by Gasteiger charge is -2.18. The number of nitrogen functional groups attached to an aromatic ring is 1. The Morgan fingerprint density at radius 2 is 2.00 bits per heavy atom. The van der Waals surface area contributed by atoms with Crippen LogP contribution >= 0.6 is 15.9 Å². The fraction of sp³-hybridized carbons (Fsp3) is 0.500. The van der Waals surface area contributed by atoms with Crippen LogP contribution in [0.15, 0.2) is 22.7 Å². The first-order valence-electron chi connectivity index (χ1n) is 5.07. The van der Waals surface area contributed by atoms with Gasteiger partial charge in [-0.1, -0.05) is 26.8 Å². The maximum Gasteiger partial charge on any atom is 0.135 e. The predicted molar refractivity (Wildman–Crippen MR) is 68.1 cm³/mol. The normalized spacial score (nSPS) is 11.5. The molecule has 0 aliphatic carbocycles. The monoisotopic (exact) mass is 271 g/mol. The van der Waals surface area contributed by atoms with E-state index in [4.69, 9.17) is 10.5 Å². The summed E-state index contributed by atoms with van der Waals surface area (Å²) in [6.07, 6.45) is 1.02. The Labute approximate surface area is 99.9 Å². The van der Waals surface area contributed by atoms with E-state index in [2.05, 4.69) is 36.7 Å². The molecular formula is C12H18BrNO. The zero-order valence-corrected chi connectivity index (χ0v) is 11.1. The molecule has 2 N–H and O–H groups in total. The van der Waals surface area contributed by atoms with Crippen molar-refractivity contribution >= 4 is 21.6 Å². The van der Waals surface area contributed by atoms with Crippen LogP contribution in [0.2, 0.25) is 0 Å². The highest BCUT2D eigenvalue weighted by molar-refractivity contribution is 9.10. The molecule has 2 nitrogen and oxygen atoms in total. The summed E-state index contributed by atoms with van der Waals surface area (Å²) in [6.45, 7) is 7.31. The third-order valence-corrected chi connectivity index (χ3v) is 2.95. The summed E-state index contributed by atoms with van der Waals surface area (Å²) in [4.78, 5) is 0. The molecule has 0 saturated heterocycles. The topological polar surface area (TPSA) is 35.2 Å². The van der Waals surface area contributed by atoms with Crippen molar-refractivity contribution in [2.75, 3.05) is 12.3 Å². The lowest BCUT2D eigenvalue weighted by atomic mass is 9.93. The quantitative estimate of drug-likeness (QED) is 0.848. The largest absolute Gasteiger partial charge is 0.492 e. The van der Waals surface area contributed by atoms with Gasteiger partial charge in [-0.25, -0.2) is 0 Å². The minimum Gasteiger partial charge on any atom is -0.492 e. The smallest absolute Gasteiger partial charge is 0.135 e. The number of anilines is 1. The second-order valence-corrected chi connectivity index (χ2v) is 5.61. The van der Waals surface area contributed by atoms with Crippen molar-refractivity contribution in [2.45, 2.75) is 27.2 Å². The zero-order chi connectivity index (χ0) is 11.5. The van der Waals surface area contributed by atoms with Crippen LogP contribution in [0, 0.1) is 5.41 Å². The van der Waals surface area contributed by atoms with Crippen LogP contribution in [0.3, 0.4) is 0 Å². The molecule has 3 heteroatoms. The van der Waals surface area contributed by atoms with Gasteiger partial charge in [-0.15, -0.1) is 0 Å². The summed E-state index contributed by atoms with van der Waals surface area (Å²) in [6, 6.07) is 5.66. The van der Waals surface area contributed by atoms with Crippen LogP contribution in [-0.4, -0.2) is 6.61 Å². The van der Waals surface area contributed by atoms with Gasteiger partial charge in [0, 0.05) is 5.69 Å². The molecule has 0 radical (unpaired) electrons. The Bertz CT molecular complexity index is 331. The second-order valence-electron chi connectivity index (χ2n) is 4.82. The molecule has 0 spiro atoms. The van der Waals surface area contributed by atoms with Gasteiger partial charge >= 0.3 is 0 Å². The summed E-state index contributed by atoms with van der Waals surface area (Å²) >= 11 is 3.41. The molecule has 84 valence electrons. The maximum atomic E-state index is 5.75. The van der Waals surface area contributed by atoms with Crippen LogP contribution in [0.25, 0.3) is 0 Å². The van der Waals surface area contributed by atoms with Gasteiger partial charge in [0.05, 0.1) is 11.1 Å². The number of halogens is 1. The number of hydrogen-bond acceptors (Lipinski definition) is 2. The maximum absolute atomic E-state index is 5.75. The van der Waals surface area contributed by atoms with Crippen LogP contribution < -0.4 is 10.5 Å². The average molecular weight is 272 g/mol. The molecule has 1 rings (SSSR count). The molecule has 0 heterocycles. The fourth-order valence-corrected chi connectivity index (χ4v) is 1.49. The van der Waals surface area contributed by atoms with Crippen LogP contribution in [0.4, 0.5) is 5.69 Å². The van der Waals surface area contributed by atoms with Crippen molar-refractivity contribution in [1.29, 1.82) is 0 Å². The van der Waals surface area contributed by atoms with E-state index in [9.17, 15) is 0 Å². The van der Waals surface area contributed by atoms with Gasteiger partial charge in [0.15, 0.2) is 0 Å². The highest BCUT2D eigenvalue weighted by Crippen LogP contribution is 2.30. The van der Waals surface area contributed by atoms with E-state index in [0.717, 1.165) is 16.6 Å². The molecule has 0 aliphatic rings.